The first-order chi connectivity index (χ1) is 12.5. The first-order valence-corrected chi connectivity index (χ1v) is 8.86. The van der Waals surface area contributed by atoms with Crippen molar-refractivity contribution < 1.29 is 9.32 Å². The number of amides is 1. The quantitative estimate of drug-likeness (QED) is 0.682. The molecule has 0 spiro atoms. The fourth-order valence-corrected chi connectivity index (χ4v) is 3.55. The van der Waals surface area contributed by atoms with E-state index in [2.05, 4.69) is 16.2 Å². The maximum Gasteiger partial charge on any atom is 0.257 e. The van der Waals surface area contributed by atoms with Gasteiger partial charge in [0.05, 0.1) is 0 Å². The van der Waals surface area contributed by atoms with Crippen LogP contribution in [0, 0.1) is 13.8 Å². The Balaban J connectivity index is 1.58. The van der Waals surface area contributed by atoms with Crippen LogP contribution in [0.5, 0.6) is 0 Å². The Morgan fingerprint density at radius 3 is 2.81 bits per heavy atom. The van der Waals surface area contributed by atoms with Crippen LogP contribution in [0.3, 0.4) is 0 Å². The Kier molecular flexibility index (Phi) is 4.24. The van der Waals surface area contributed by atoms with Gasteiger partial charge in [-0.25, -0.2) is 0 Å². The van der Waals surface area contributed by atoms with E-state index in [9.17, 15) is 4.79 Å². The summed E-state index contributed by atoms with van der Waals surface area (Å²) < 4.78 is 5.38. The fourth-order valence-electron chi connectivity index (χ4n) is 3.36. The van der Waals surface area contributed by atoms with Gasteiger partial charge in [0.25, 0.3) is 5.89 Å². The predicted octanol–water partition coefficient (Wildman–Crippen LogP) is 4.53. The van der Waals surface area contributed by atoms with Crippen LogP contribution < -0.4 is 4.90 Å². The van der Waals surface area contributed by atoms with Crippen LogP contribution in [-0.2, 0) is 4.79 Å². The average Bonchev–Trinajstić information content (AvgIpc) is 3.22. The molecule has 0 saturated carbocycles. The smallest absolute Gasteiger partial charge is 0.257 e. The topological polar surface area (TPSA) is 59.2 Å². The van der Waals surface area contributed by atoms with Crippen LogP contribution in [0.25, 0.3) is 11.5 Å². The molecule has 1 unspecified atom stereocenters. The van der Waals surface area contributed by atoms with Crippen LogP contribution in [0.15, 0.2) is 47.0 Å². The number of halogens is 1. The van der Waals surface area contributed by atoms with Crippen LogP contribution in [-0.4, -0.2) is 22.6 Å². The van der Waals surface area contributed by atoms with Crippen LogP contribution in [0.1, 0.15) is 29.3 Å². The van der Waals surface area contributed by atoms with Crippen LogP contribution in [0.2, 0.25) is 5.02 Å². The largest absolute Gasteiger partial charge is 0.334 e. The highest BCUT2D eigenvalue weighted by Gasteiger charge is 2.35. The molecule has 0 radical (unpaired) electrons. The molecule has 4 rings (SSSR count). The summed E-state index contributed by atoms with van der Waals surface area (Å²) in [6, 6.07) is 13.4. The van der Waals surface area contributed by atoms with Crippen molar-refractivity contribution in [3.05, 3.63) is 64.4 Å². The SMILES string of the molecule is Cc1ccc(N2CC(c3noc(-c4cccc(Cl)c4)n3)CC2=O)c(C)c1. The van der Waals surface area contributed by atoms with E-state index >= 15 is 0 Å². The lowest BCUT2D eigenvalue weighted by Crippen LogP contribution is -2.25. The number of carbonyl (C=O) groups excluding carboxylic acids is 1. The number of anilines is 1. The van der Waals surface area contributed by atoms with Crippen LogP contribution in [0.4, 0.5) is 5.69 Å². The summed E-state index contributed by atoms with van der Waals surface area (Å²) in [5.74, 6) is 0.969. The minimum Gasteiger partial charge on any atom is -0.334 e. The van der Waals surface area contributed by atoms with Gasteiger partial charge in [-0.15, -0.1) is 0 Å². The van der Waals surface area contributed by atoms with E-state index in [1.807, 2.05) is 43.0 Å². The zero-order chi connectivity index (χ0) is 18.3. The molecule has 1 amide bonds. The van der Waals surface area contributed by atoms with Gasteiger partial charge in [0.15, 0.2) is 5.82 Å². The molecule has 26 heavy (non-hydrogen) atoms. The number of aromatic nitrogens is 2. The summed E-state index contributed by atoms with van der Waals surface area (Å²) in [6.07, 6.45) is 0.377. The van der Waals surface area contributed by atoms with Gasteiger partial charge in [-0.05, 0) is 43.7 Å². The maximum absolute atomic E-state index is 12.5. The number of rotatable bonds is 3. The minimum absolute atomic E-state index is 0.0797. The Morgan fingerprint density at radius 1 is 1.19 bits per heavy atom. The van der Waals surface area contributed by atoms with E-state index < -0.39 is 0 Å². The molecule has 2 heterocycles. The van der Waals surface area contributed by atoms with Crippen molar-refractivity contribution in [2.24, 2.45) is 0 Å². The average molecular weight is 368 g/mol. The van der Waals surface area contributed by atoms with E-state index in [0.29, 0.717) is 29.7 Å². The summed E-state index contributed by atoms with van der Waals surface area (Å²) in [4.78, 5) is 18.8. The van der Waals surface area contributed by atoms with Crippen LogP contribution >= 0.6 is 11.6 Å². The summed E-state index contributed by atoms with van der Waals surface area (Å²) in [6.45, 7) is 4.62. The summed E-state index contributed by atoms with van der Waals surface area (Å²) in [7, 11) is 0. The number of hydrogen-bond acceptors (Lipinski definition) is 4. The molecule has 5 nitrogen and oxygen atoms in total. The molecule has 0 N–H and O–H groups in total. The Hall–Kier alpha value is -2.66. The molecule has 0 bridgehead atoms. The third-order valence-corrected chi connectivity index (χ3v) is 4.88. The summed E-state index contributed by atoms with van der Waals surface area (Å²) >= 11 is 6.02. The third kappa shape index (κ3) is 3.10. The number of carbonyl (C=O) groups is 1. The highest BCUT2D eigenvalue weighted by molar-refractivity contribution is 6.30. The second-order valence-electron chi connectivity index (χ2n) is 6.66. The number of hydrogen-bond donors (Lipinski definition) is 0. The lowest BCUT2D eigenvalue weighted by Gasteiger charge is -2.19. The Labute approximate surface area is 156 Å². The molecular weight excluding hydrogens is 350 g/mol. The molecule has 1 saturated heterocycles. The minimum atomic E-state index is -0.0834. The molecule has 3 aromatic rings. The number of benzene rings is 2. The van der Waals surface area contributed by atoms with Gasteiger partial charge in [-0.2, -0.15) is 4.98 Å². The molecule has 1 aliphatic rings. The van der Waals surface area contributed by atoms with Crippen molar-refractivity contribution >= 4 is 23.2 Å². The molecule has 0 aliphatic carbocycles. The first kappa shape index (κ1) is 16.8. The van der Waals surface area contributed by atoms with Crippen molar-refractivity contribution in [2.75, 3.05) is 11.4 Å². The normalized spacial score (nSPS) is 17.1. The zero-order valence-electron chi connectivity index (χ0n) is 14.6. The molecule has 2 aromatic carbocycles. The number of aryl methyl sites for hydroxylation is 2. The highest BCUT2D eigenvalue weighted by atomic mass is 35.5. The summed E-state index contributed by atoms with van der Waals surface area (Å²) in [5.41, 5.74) is 3.99. The van der Waals surface area contributed by atoms with E-state index in [4.69, 9.17) is 16.1 Å². The fraction of sp³-hybridized carbons (Fsp3) is 0.250. The van der Waals surface area contributed by atoms with Gasteiger partial charge in [-0.1, -0.05) is 40.5 Å². The zero-order valence-corrected chi connectivity index (χ0v) is 15.3. The van der Waals surface area contributed by atoms with E-state index in [1.54, 1.807) is 12.1 Å². The second kappa shape index (κ2) is 6.57. The third-order valence-electron chi connectivity index (χ3n) is 4.65. The lowest BCUT2D eigenvalue weighted by atomic mass is 10.1. The van der Waals surface area contributed by atoms with Crippen molar-refractivity contribution in [1.29, 1.82) is 0 Å². The van der Waals surface area contributed by atoms with Crippen molar-refractivity contribution in [2.45, 2.75) is 26.2 Å². The molecule has 1 atom stereocenters. The number of nitrogens with zero attached hydrogens (tertiary/aromatic N) is 3. The maximum atomic E-state index is 12.5. The van der Waals surface area contributed by atoms with E-state index in [0.717, 1.165) is 16.8 Å². The van der Waals surface area contributed by atoms with E-state index in [1.165, 1.54) is 5.56 Å². The van der Waals surface area contributed by atoms with Gasteiger partial charge in [-0.3, -0.25) is 4.79 Å². The predicted molar refractivity (Wildman–Crippen MR) is 100 cm³/mol. The second-order valence-corrected chi connectivity index (χ2v) is 7.10. The monoisotopic (exact) mass is 367 g/mol. The molecule has 6 heteroatoms. The van der Waals surface area contributed by atoms with Gasteiger partial charge in [0, 0.05) is 35.2 Å². The van der Waals surface area contributed by atoms with Crippen molar-refractivity contribution in [1.82, 2.24) is 10.1 Å². The van der Waals surface area contributed by atoms with Crippen molar-refractivity contribution in [3.63, 3.8) is 0 Å². The Bertz CT molecular complexity index is 983. The lowest BCUT2D eigenvalue weighted by molar-refractivity contribution is -0.117. The van der Waals surface area contributed by atoms with Gasteiger partial charge in [0.2, 0.25) is 5.91 Å². The first-order valence-electron chi connectivity index (χ1n) is 8.48. The van der Waals surface area contributed by atoms with E-state index in [-0.39, 0.29) is 11.8 Å². The summed E-state index contributed by atoms with van der Waals surface area (Å²) in [5, 5.41) is 4.71. The van der Waals surface area contributed by atoms with Gasteiger partial charge in [0.1, 0.15) is 0 Å². The van der Waals surface area contributed by atoms with Gasteiger partial charge >= 0.3 is 0 Å². The van der Waals surface area contributed by atoms with Gasteiger partial charge < -0.3 is 9.42 Å². The molecule has 1 aliphatic heterocycles. The van der Waals surface area contributed by atoms with Crippen molar-refractivity contribution in [3.8, 4) is 11.5 Å². The standard InChI is InChI=1S/C20H18ClN3O2/c1-12-6-7-17(13(2)8-12)24-11-15(10-18(24)25)19-22-20(26-23-19)14-4-3-5-16(21)9-14/h3-9,15H,10-11H2,1-2H3. The molecule has 1 fully saturated rings. The molecular formula is C20H18ClN3O2. The highest BCUT2D eigenvalue weighted by Crippen LogP contribution is 2.33. The molecule has 132 valence electrons. The Morgan fingerprint density at radius 2 is 2.04 bits per heavy atom. The molecule has 1 aromatic heterocycles.